The second kappa shape index (κ2) is 2.10. The van der Waals surface area contributed by atoms with Gasteiger partial charge in [0, 0.05) is 5.92 Å². The number of aromatic nitrogens is 1. The van der Waals surface area contributed by atoms with E-state index in [-0.39, 0.29) is 6.04 Å². The zero-order chi connectivity index (χ0) is 8.13. The van der Waals surface area contributed by atoms with Crippen LogP contribution in [0.4, 0.5) is 0 Å². The molecular weight excluding hydrogens is 152 g/mol. The molecule has 0 spiro atoms. The summed E-state index contributed by atoms with van der Waals surface area (Å²) in [5.41, 5.74) is 6.96. The van der Waals surface area contributed by atoms with Crippen LogP contribution in [-0.2, 0) is 6.42 Å². The van der Waals surface area contributed by atoms with Crippen LogP contribution >= 0.6 is 0 Å². The molecular formula is C9H12N2O. The lowest BCUT2D eigenvalue weighted by Crippen LogP contribution is -2.04. The number of hydrogen-bond donors (Lipinski definition) is 1. The SMILES string of the molecule is NC1CCc2nc(C3CC3)oc21. The Labute approximate surface area is 71.0 Å². The largest absolute Gasteiger partial charge is 0.443 e. The lowest BCUT2D eigenvalue weighted by molar-refractivity contribution is 0.429. The molecule has 0 amide bonds. The summed E-state index contributed by atoms with van der Waals surface area (Å²) in [6.07, 6.45) is 4.50. The predicted molar refractivity (Wildman–Crippen MR) is 43.7 cm³/mol. The van der Waals surface area contributed by atoms with Crippen molar-refractivity contribution in [3.63, 3.8) is 0 Å². The third-order valence-electron chi connectivity index (χ3n) is 2.70. The first-order chi connectivity index (χ1) is 5.84. The summed E-state index contributed by atoms with van der Waals surface area (Å²) in [6, 6.07) is 0.111. The molecule has 1 aromatic rings. The van der Waals surface area contributed by atoms with Gasteiger partial charge in [-0.05, 0) is 25.7 Å². The fourth-order valence-electron chi connectivity index (χ4n) is 1.78. The molecule has 1 aromatic heterocycles. The molecule has 2 aliphatic carbocycles. The van der Waals surface area contributed by atoms with Gasteiger partial charge in [0.15, 0.2) is 5.89 Å². The molecule has 1 fully saturated rings. The minimum Gasteiger partial charge on any atom is -0.443 e. The maximum absolute atomic E-state index is 5.85. The average molecular weight is 164 g/mol. The van der Waals surface area contributed by atoms with Gasteiger partial charge in [-0.3, -0.25) is 0 Å². The first kappa shape index (κ1) is 6.66. The van der Waals surface area contributed by atoms with Crippen LogP contribution in [0, 0.1) is 0 Å². The fourth-order valence-corrected chi connectivity index (χ4v) is 1.78. The van der Waals surface area contributed by atoms with Gasteiger partial charge in [0.2, 0.25) is 0 Å². The summed E-state index contributed by atoms with van der Waals surface area (Å²) in [6.45, 7) is 0. The second-order valence-corrected chi connectivity index (χ2v) is 3.78. The normalized spacial score (nSPS) is 27.6. The van der Waals surface area contributed by atoms with Crippen molar-refractivity contribution in [1.29, 1.82) is 0 Å². The predicted octanol–water partition coefficient (Wildman–Crippen LogP) is 1.50. The highest BCUT2D eigenvalue weighted by Crippen LogP contribution is 2.42. The van der Waals surface area contributed by atoms with E-state index in [9.17, 15) is 0 Å². The van der Waals surface area contributed by atoms with E-state index < -0.39 is 0 Å². The molecule has 3 rings (SSSR count). The van der Waals surface area contributed by atoms with Gasteiger partial charge >= 0.3 is 0 Å². The quantitative estimate of drug-likeness (QED) is 0.684. The topological polar surface area (TPSA) is 52.0 Å². The van der Waals surface area contributed by atoms with Crippen molar-refractivity contribution in [2.24, 2.45) is 5.73 Å². The van der Waals surface area contributed by atoms with Gasteiger partial charge in [-0.25, -0.2) is 4.98 Å². The number of nitrogens with zero attached hydrogens (tertiary/aromatic N) is 1. The van der Waals surface area contributed by atoms with Crippen LogP contribution in [0.15, 0.2) is 4.42 Å². The molecule has 0 radical (unpaired) electrons. The lowest BCUT2D eigenvalue weighted by Gasteiger charge is -1.97. The number of nitrogens with two attached hydrogens (primary N) is 1. The number of aryl methyl sites for hydroxylation is 1. The number of oxazole rings is 1. The van der Waals surface area contributed by atoms with E-state index in [1.54, 1.807) is 0 Å². The zero-order valence-corrected chi connectivity index (χ0v) is 6.92. The van der Waals surface area contributed by atoms with Gasteiger partial charge in [0.1, 0.15) is 5.76 Å². The van der Waals surface area contributed by atoms with E-state index >= 15 is 0 Å². The Morgan fingerprint density at radius 1 is 1.33 bits per heavy atom. The number of fused-ring (bicyclic) bond motifs is 1. The van der Waals surface area contributed by atoms with Gasteiger partial charge in [-0.15, -0.1) is 0 Å². The summed E-state index contributed by atoms with van der Waals surface area (Å²) < 4.78 is 5.63. The lowest BCUT2D eigenvalue weighted by atomic mass is 10.3. The maximum atomic E-state index is 5.85. The Bertz CT molecular complexity index is 314. The Balaban J connectivity index is 2.01. The number of hydrogen-bond acceptors (Lipinski definition) is 3. The molecule has 0 aliphatic heterocycles. The van der Waals surface area contributed by atoms with Gasteiger partial charge in [0.25, 0.3) is 0 Å². The monoisotopic (exact) mass is 164 g/mol. The molecule has 0 bridgehead atoms. The summed E-state index contributed by atoms with van der Waals surface area (Å²) in [5, 5.41) is 0. The Morgan fingerprint density at radius 3 is 2.83 bits per heavy atom. The highest BCUT2D eigenvalue weighted by molar-refractivity contribution is 5.21. The summed E-state index contributed by atoms with van der Waals surface area (Å²) in [7, 11) is 0. The van der Waals surface area contributed by atoms with E-state index in [1.165, 1.54) is 12.8 Å². The standard InChI is InChI=1S/C9H12N2O/c10-6-3-4-7-8(6)12-9(11-7)5-1-2-5/h5-6H,1-4,10H2. The summed E-state index contributed by atoms with van der Waals surface area (Å²) >= 11 is 0. The Hall–Kier alpha value is -0.830. The van der Waals surface area contributed by atoms with Crippen LogP contribution in [0.3, 0.4) is 0 Å². The smallest absolute Gasteiger partial charge is 0.197 e. The van der Waals surface area contributed by atoms with Crippen LogP contribution in [0.5, 0.6) is 0 Å². The molecule has 1 saturated carbocycles. The second-order valence-electron chi connectivity index (χ2n) is 3.78. The molecule has 0 saturated heterocycles. The van der Waals surface area contributed by atoms with Crippen molar-refractivity contribution < 1.29 is 4.42 Å². The van der Waals surface area contributed by atoms with Crippen molar-refractivity contribution in [1.82, 2.24) is 4.98 Å². The molecule has 12 heavy (non-hydrogen) atoms. The Morgan fingerprint density at radius 2 is 2.17 bits per heavy atom. The Kier molecular flexibility index (Phi) is 1.17. The molecule has 3 nitrogen and oxygen atoms in total. The van der Waals surface area contributed by atoms with Gasteiger partial charge < -0.3 is 10.2 Å². The van der Waals surface area contributed by atoms with E-state index in [0.717, 1.165) is 30.2 Å². The molecule has 3 heteroatoms. The summed E-state index contributed by atoms with van der Waals surface area (Å²) in [4.78, 5) is 4.46. The zero-order valence-electron chi connectivity index (χ0n) is 6.92. The van der Waals surface area contributed by atoms with E-state index in [4.69, 9.17) is 10.2 Å². The van der Waals surface area contributed by atoms with E-state index in [0.29, 0.717) is 5.92 Å². The van der Waals surface area contributed by atoms with Gasteiger partial charge in [-0.1, -0.05) is 0 Å². The highest BCUT2D eigenvalue weighted by Gasteiger charge is 2.33. The van der Waals surface area contributed by atoms with Crippen molar-refractivity contribution in [3.05, 3.63) is 17.3 Å². The van der Waals surface area contributed by atoms with E-state index in [1.807, 2.05) is 0 Å². The van der Waals surface area contributed by atoms with Crippen molar-refractivity contribution in [2.75, 3.05) is 0 Å². The van der Waals surface area contributed by atoms with Gasteiger partial charge in [0.05, 0.1) is 11.7 Å². The molecule has 2 aliphatic rings. The first-order valence-corrected chi connectivity index (χ1v) is 4.59. The average Bonchev–Trinajstić information content (AvgIpc) is 2.73. The molecule has 2 N–H and O–H groups in total. The van der Waals surface area contributed by atoms with Gasteiger partial charge in [-0.2, -0.15) is 0 Å². The van der Waals surface area contributed by atoms with Crippen LogP contribution in [0.1, 0.15) is 48.6 Å². The van der Waals surface area contributed by atoms with Crippen molar-refractivity contribution in [3.8, 4) is 0 Å². The molecule has 1 unspecified atom stereocenters. The first-order valence-electron chi connectivity index (χ1n) is 4.59. The molecule has 64 valence electrons. The summed E-state index contributed by atoms with van der Waals surface area (Å²) in [5.74, 6) is 2.51. The molecule has 0 aromatic carbocycles. The minimum atomic E-state index is 0.111. The van der Waals surface area contributed by atoms with Crippen LogP contribution in [0.2, 0.25) is 0 Å². The maximum Gasteiger partial charge on any atom is 0.197 e. The van der Waals surface area contributed by atoms with Crippen LogP contribution < -0.4 is 5.73 Å². The van der Waals surface area contributed by atoms with E-state index in [2.05, 4.69) is 4.98 Å². The van der Waals surface area contributed by atoms with Crippen molar-refractivity contribution >= 4 is 0 Å². The minimum absolute atomic E-state index is 0.111. The molecule has 1 atom stereocenters. The van der Waals surface area contributed by atoms with Crippen LogP contribution in [0.25, 0.3) is 0 Å². The highest BCUT2D eigenvalue weighted by atomic mass is 16.4. The fraction of sp³-hybridized carbons (Fsp3) is 0.667. The third kappa shape index (κ3) is 0.829. The third-order valence-corrected chi connectivity index (χ3v) is 2.70. The number of rotatable bonds is 1. The van der Waals surface area contributed by atoms with Crippen LogP contribution in [-0.4, -0.2) is 4.98 Å². The molecule has 1 heterocycles. The van der Waals surface area contributed by atoms with Crippen molar-refractivity contribution in [2.45, 2.75) is 37.6 Å².